The Morgan fingerprint density at radius 1 is 1.30 bits per heavy atom. The molecule has 30 heavy (non-hydrogen) atoms. The van der Waals surface area contributed by atoms with Crippen LogP contribution in [-0.4, -0.2) is 55.2 Å². The highest BCUT2D eigenvalue weighted by Crippen LogP contribution is 2.16. The summed E-state index contributed by atoms with van der Waals surface area (Å²) in [6.45, 7) is 11.1. The molecule has 1 aliphatic rings. The van der Waals surface area contributed by atoms with E-state index in [-0.39, 0.29) is 30.1 Å². The first kappa shape index (κ1) is 24.4. The Balaban J connectivity index is 0.00000320. The second-order valence-electron chi connectivity index (χ2n) is 7.60. The Kier molecular flexibility index (Phi) is 9.84. The van der Waals surface area contributed by atoms with Crippen LogP contribution < -0.4 is 10.2 Å². The molecule has 0 bridgehead atoms. The number of aromatic nitrogens is 1. The molecule has 1 atom stereocenters. The van der Waals surface area contributed by atoms with Crippen molar-refractivity contribution in [1.29, 1.82) is 0 Å². The number of halogens is 1. The number of hydrogen-bond donors (Lipinski definition) is 1. The fourth-order valence-electron chi connectivity index (χ4n) is 3.48. The molecule has 0 aliphatic carbocycles. The lowest BCUT2D eigenvalue weighted by Gasteiger charge is -2.32. The maximum absolute atomic E-state index is 5.61. The summed E-state index contributed by atoms with van der Waals surface area (Å²) in [7, 11) is 2.08. The van der Waals surface area contributed by atoms with Crippen LogP contribution in [0.4, 0.5) is 5.82 Å². The maximum atomic E-state index is 5.61. The highest BCUT2D eigenvalue weighted by molar-refractivity contribution is 14.0. The highest BCUT2D eigenvalue weighted by atomic mass is 127. The Bertz CT molecular complexity index is 811. The molecule has 1 aromatic carbocycles. The molecule has 0 saturated carbocycles. The van der Waals surface area contributed by atoms with Crippen LogP contribution in [0.15, 0.2) is 47.6 Å². The summed E-state index contributed by atoms with van der Waals surface area (Å²) >= 11 is 0. The van der Waals surface area contributed by atoms with Crippen molar-refractivity contribution in [1.82, 2.24) is 15.2 Å². The van der Waals surface area contributed by atoms with Crippen molar-refractivity contribution < 1.29 is 4.74 Å². The number of pyridine rings is 1. The van der Waals surface area contributed by atoms with E-state index in [1.165, 1.54) is 11.1 Å². The average molecular weight is 523 g/mol. The first-order chi connectivity index (χ1) is 14.1. The number of nitrogens with one attached hydrogen (secondary N) is 1. The van der Waals surface area contributed by atoms with Gasteiger partial charge >= 0.3 is 0 Å². The Morgan fingerprint density at radius 3 is 2.77 bits per heavy atom. The van der Waals surface area contributed by atoms with E-state index in [0.717, 1.165) is 50.1 Å². The number of nitrogens with zero attached hydrogens (tertiary/aromatic N) is 4. The van der Waals surface area contributed by atoms with Gasteiger partial charge in [0.2, 0.25) is 0 Å². The van der Waals surface area contributed by atoms with Gasteiger partial charge in [0, 0.05) is 39.4 Å². The molecule has 1 fully saturated rings. The van der Waals surface area contributed by atoms with Crippen LogP contribution >= 0.6 is 24.0 Å². The summed E-state index contributed by atoms with van der Waals surface area (Å²) < 4.78 is 5.61. The van der Waals surface area contributed by atoms with Gasteiger partial charge in [-0.05, 0) is 43.5 Å². The zero-order chi connectivity index (χ0) is 20.6. The summed E-state index contributed by atoms with van der Waals surface area (Å²) in [6.07, 6.45) is 2.19. The molecule has 0 amide bonds. The van der Waals surface area contributed by atoms with Gasteiger partial charge in [-0.25, -0.2) is 9.98 Å². The van der Waals surface area contributed by atoms with E-state index in [1.807, 2.05) is 6.20 Å². The second-order valence-corrected chi connectivity index (χ2v) is 7.60. The fraction of sp³-hybridized carbons (Fsp3) is 0.478. The molecule has 7 heteroatoms. The van der Waals surface area contributed by atoms with Gasteiger partial charge < -0.3 is 19.9 Å². The van der Waals surface area contributed by atoms with Crippen molar-refractivity contribution in [2.45, 2.75) is 40.0 Å². The number of morpholine rings is 1. The molecule has 1 N–H and O–H groups in total. The summed E-state index contributed by atoms with van der Waals surface area (Å²) in [5.74, 6) is 1.92. The molecule has 0 spiro atoms. The van der Waals surface area contributed by atoms with Crippen molar-refractivity contribution in [2.24, 2.45) is 4.99 Å². The topological polar surface area (TPSA) is 53.0 Å². The third kappa shape index (κ3) is 6.84. The smallest absolute Gasteiger partial charge is 0.194 e. The summed E-state index contributed by atoms with van der Waals surface area (Å²) in [5, 5.41) is 3.39. The van der Waals surface area contributed by atoms with Gasteiger partial charge in [-0.2, -0.15) is 0 Å². The monoisotopic (exact) mass is 523 g/mol. The SMILES string of the molecule is CCNC(=NCc1ccc(N2CCOC(C)C2)nc1)N(C)Cc1ccccc1C.I. The molecule has 3 rings (SSSR count). The zero-order valence-corrected chi connectivity index (χ0v) is 20.8. The van der Waals surface area contributed by atoms with Gasteiger partial charge in [0.25, 0.3) is 0 Å². The van der Waals surface area contributed by atoms with Gasteiger partial charge in [-0.3, -0.25) is 0 Å². The van der Waals surface area contributed by atoms with Gasteiger partial charge in [-0.1, -0.05) is 30.3 Å². The molecule has 6 nitrogen and oxygen atoms in total. The van der Waals surface area contributed by atoms with E-state index in [4.69, 9.17) is 9.73 Å². The van der Waals surface area contributed by atoms with E-state index in [9.17, 15) is 0 Å². The average Bonchev–Trinajstić information content (AvgIpc) is 2.73. The van der Waals surface area contributed by atoms with E-state index in [2.05, 4.69) is 84.3 Å². The van der Waals surface area contributed by atoms with E-state index in [1.54, 1.807) is 0 Å². The predicted molar refractivity (Wildman–Crippen MR) is 135 cm³/mol. The van der Waals surface area contributed by atoms with Crippen LogP contribution in [0.25, 0.3) is 0 Å². The minimum absolute atomic E-state index is 0. The quantitative estimate of drug-likeness (QED) is 0.355. The lowest BCUT2D eigenvalue weighted by atomic mass is 10.1. The number of rotatable bonds is 6. The maximum Gasteiger partial charge on any atom is 0.194 e. The number of benzene rings is 1. The normalized spacial score (nSPS) is 16.7. The van der Waals surface area contributed by atoms with Crippen LogP contribution in [0.2, 0.25) is 0 Å². The van der Waals surface area contributed by atoms with Crippen molar-refractivity contribution in [3.63, 3.8) is 0 Å². The van der Waals surface area contributed by atoms with Crippen LogP contribution in [-0.2, 0) is 17.8 Å². The molecule has 1 saturated heterocycles. The number of aryl methyl sites for hydroxylation is 1. The molecule has 1 aromatic heterocycles. The molecule has 0 radical (unpaired) electrons. The third-order valence-electron chi connectivity index (χ3n) is 5.15. The first-order valence-electron chi connectivity index (χ1n) is 10.4. The summed E-state index contributed by atoms with van der Waals surface area (Å²) in [6, 6.07) is 12.7. The largest absolute Gasteiger partial charge is 0.375 e. The van der Waals surface area contributed by atoms with E-state index in [0.29, 0.717) is 6.54 Å². The second kappa shape index (κ2) is 12.1. The number of aliphatic imine (C=N–C) groups is 1. The van der Waals surface area contributed by atoms with Crippen LogP contribution in [0.1, 0.15) is 30.5 Å². The summed E-state index contributed by atoms with van der Waals surface area (Å²) in [5.41, 5.74) is 3.72. The Labute approximate surface area is 197 Å². The van der Waals surface area contributed by atoms with Gasteiger partial charge in [0.15, 0.2) is 5.96 Å². The number of ether oxygens (including phenoxy) is 1. The standard InChI is InChI=1S/C23H33N5O.HI/c1-5-24-23(27(4)17-21-9-7-6-8-18(21)2)26-15-20-10-11-22(25-14-20)28-12-13-29-19(3)16-28;/h6-11,14,19H,5,12-13,15-17H2,1-4H3,(H,24,26);1H. The minimum Gasteiger partial charge on any atom is -0.375 e. The molecule has 164 valence electrons. The molecule has 2 aromatic rings. The Morgan fingerprint density at radius 2 is 2.10 bits per heavy atom. The van der Waals surface area contributed by atoms with Crippen molar-refractivity contribution in [3.05, 3.63) is 59.3 Å². The molecule has 1 aliphatic heterocycles. The zero-order valence-electron chi connectivity index (χ0n) is 18.5. The molecular weight excluding hydrogens is 489 g/mol. The number of hydrogen-bond acceptors (Lipinski definition) is 4. The van der Waals surface area contributed by atoms with E-state index < -0.39 is 0 Å². The van der Waals surface area contributed by atoms with Crippen LogP contribution in [0, 0.1) is 6.92 Å². The van der Waals surface area contributed by atoms with Gasteiger partial charge in [-0.15, -0.1) is 24.0 Å². The van der Waals surface area contributed by atoms with Crippen LogP contribution in [0.5, 0.6) is 0 Å². The lowest BCUT2D eigenvalue weighted by Crippen LogP contribution is -2.41. The fourth-order valence-corrected chi connectivity index (χ4v) is 3.48. The highest BCUT2D eigenvalue weighted by Gasteiger charge is 2.17. The molecule has 2 heterocycles. The van der Waals surface area contributed by atoms with Gasteiger partial charge in [0.05, 0.1) is 19.3 Å². The predicted octanol–water partition coefficient (Wildman–Crippen LogP) is 3.83. The minimum atomic E-state index is 0. The van der Waals surface area contributed by atoms with Crippen molar-refractivity contribution in [3.8, 4) is 0 Å². The first-order valence-corrected chi connectivity index (χ1v) is 10.4. The number of anilines is 1. The lowest BCUT2D eigenvalue weighted by molar-refractivity contribution is 0.0529. The van der Waals surface area contributed by atoms with Crippen molar-refractivity contribution in [2.75, 3.05) is 38.2 Å². The summed E-state index contributed by atoms with van der Waals surface area (Å²) in [4.78, 5) is 13.9. The van der Waals surface area contributed by atoms with E-state index >= 15 is 0 Å². The molecular formula is C23H34IN5O. The number of guanidine groups is 1. The van der Waals surface area contributed by atoms with Gasteiger partial charge in [0.1, 0.15) is 5.82 Å². The third-order valence-corrected chi connectivity index (χ3v) is 5.15. The van der Waals surface area contributed by atoms with Crippen molar-refractivity contribution >= 4 is 35.8 Å². The van der Waals surface area contributed by atoms with Crippen LogP contribution in [0.3, 0.4) is 0 Å². The molecule has 1 unspecified atom stereocenters. The Hall–Kier alpha value is -1.87.